The van der Waals surface area contributed by atoms with Crippen LogP contribution in [0.3, 0.4) is 0 Å². The molecule has 0 aliphatic heterocycles. The molecule has 140 valence electrons. The minimum Gasteiger partial charge on any atom is -0.497 e. The molecule has 1 unspecified atom stereocenters. The standard InChI is InChI=1S/C23H30O3/c1-4-5-6-7-8-9-23(24)26-18(2)19-10-12-20(13-11-19)21-14-16-22(25-3)17-15-21/h10-18H,4-9H2,1-3H3. The van der Waals surface area contributed by atoms with E-state index >= 15 is 0 Å². The normalized spacial score (nSPS) is 11.8. The highest BCUT2D eigenvalue weighted by molar-refractivity contribution is 5.69. The van der Waals surface area contributed by atoms with Gasteiger partial charge in [-0.05, 0) is 42.2 Å². The minimum atomic E-state index is -0.219. The van der Waals surface area contributed by atoms with Gasteiger partial charge >= 0.3 is 5.97 Å². The van der Waals surface area contributed by atoms with Crippen molar-refractivity contribution in [1.82, 2.24) is 0 Å². The van der Waals surface area contributed by atoms with Gasteiger partial charge in [0.15, 0.2) is 0 Å². The summed E-state index contributed by atoms with van der Waals surface area (Å²) in [6.45, 7) is 4.12. The maximum Gasteiger partial charge on any atom is 0.306 e. The van der Waals surface area contributed by atoms with E-state index in [0.29, 0.717) is 6.42 Å². The van der Waals surface area contributed by atoms with Gasteiger partial charge in [0.05, 0.1) is 7.11 Å². The second-order valence-electron chi connectivity index (χ2n) is 6.65. The lowest BCUT2D eigenvalue weighted by Gasteiger charge is -2.14. The first kappa shape index (κ1) is 20.0. The van der Waals surface area contributed by atoms with Crippen molar-refractivity contribution in [1.29, 1.82) is 0 Å². The molecule has 2 aromatic rings. The highest BCUT2D eigenvalue weighted by Crippen LogP contribution is 2.25. The van der Waals surface area contributed by atoms with Gasteiger partial charge in [-0.2, -0.15) is 0 Å². The number of hydrogen-bond acceptors (Lipinski definition) is 3. The van der Waals surface area contributed by atoms with Crippen molar-refractivity contribution >= 4 is 5.97 Å². The first-order valence-electron chi connectivity index (χ1n) is 9.58. The Bertz CT molecular complexity index is 659. The first-order valence-corrected chi connectivity index (χ1v) is 9.58. The number of methoxy groups -OCH3 is 1. The molecule has 0 heterocycles. The second-order valence-corrected chi connectivity index (χ2v) is 6.65. The van der Waals surface area contributed by atoms with Crippen LogP contribution in [0.15, 0.2) is 48.5 Å². The summed E-state index contributed by atoms with van der Waals surface area (Å²) < 4.78 is 10.8. The molecule has 0 saturated carbocycles. The van der Waals surface area contributed by atoms with Crippen LogP contribution in [0.5, 0.6) is 5.75 Å². The molecular formula is C23H30O3. The van der Waals surface area contributed by atoms with E-state index in [1.54, 1.807) is 7.11 Å². The molecule has 2 rings (SSSR count). The van der Waals surface area contributed by atoms with Crippen molar-refractivity contribution in [2.45, 2.75) is 58.5 Å². The number of carbonyl (C=O) groups excluding carboxylic acids is 1. The van der Waals surface area contributed by atoms with Crippen LogP contribution in [-0.4, -0.2) is 13.1 Å². The van der Waals surface area contributed by atoms with E-state index in [1.807, 2.05) is 43.3 Å². The maximum atomic E-state index is 12.0. The monoisotopic (exact) mass is 354 g/mol. The van der Waals surface area contributed by atoms with Crippen molar-refractivity contribution in [2.75, 3.05) is 7.11 Å². The molecule has 2 aromatic carbocycles. The number of hydrogen-bond donors (Lipinski definition) is 0. The fraction of sp³-hybridized carbons (Fsp3) is 0.435. The number of ether oxygens (including phenoxy) is 2. The van der Waals surface area contributed by atoms with E-state index in [4.69, 9.17) is 9.47 Å². The number of rotatable bonds is 10. The lowest BCUT2D eigenvalue weighted by Crippen LogP contribution is -2.08. The molecule has 0 N–H and O–H groups in total. The Hall–Kier alpha value is -2.29. The predicted octanol–water partition coefficient (Wildman–Crippen LogP) is 6.33. The van der Waals surface area contributed by atoms with E-state index in [-0.39, 0.29) is 12.1 Å². The van der Waals surface area contributed by atoms with Crippen molar-refractivity contribution < 1.29 is 14.3 Å². The van der Waals surface area contributed by atoms with Gasteiger partial charge in [0, 0.05) is 6.42 Å². The highest BCUT2D eigenvalue weighted by Gasteiger charge is 2.11. The molecule has 0 amide bonds. The molecule has 0 spiro atoms. The summed E-state index contributed by atoms with van der Waals surface area (Å²) in [4.78, 5) is 12.0. The zero-order valence-corrected chi connectivity index (χ0v) is 16.2. The predicted molar refractivity (Wildman–Crippen MR) is 106 cm³/mol. The van der Waals surface area contributed by atoms with Gasteiger partial charge in [0.2, 0.25) is 0 Å². The van der Waals surface area contributed by atoms with Gasteiger partial charge in [-0.3, -0.25) is 4.79 Å². The third-order valence-electron chi connectivity index (χ3n) is 4.60. The smallest absolute Gasteiger partial charge is 0.306 e. The zero-order chi connectivity index (χ0) is 18.8. The summed E-state index contributed by atoms with van der Waals surface area (Å²) >= 11 is 0. The minimum absolute atomic E-state index is 0.103. The largest absolute Gasteiger partial charge is 0.497 e. The third kappa shape index (κ3) is 6.21. The molecule has 0 fully saturated rings. The zero-order valence-electron chi connectivity index (χ0n) is 16.2. The summed E-state index contributed by atoms with van der Waals surface area (Å²) in [5.41, 5.74) is 3.28. The molecule has 0 aliphatic rings. The molecule has 3 nitrogen and oxygen atoms in total. The SMILES string of the molecule is CCCCCCCC(=O)OC(C)c1ccc(-c2ccc(OC)cc2)cc1. The van der Waals surface area contributed by atoms with Crippen LogP contribution >= 0.6 is 0 Å². The van der Waals surface area contributed by atoms with E-state index in [0.717, 1.165) is 35.3 Å². The molecule has 0 saturated heterocycles. The fourth-order valence-electron chi connectivity index (χ4n) is 2.93. The van der Waals surface area contributed by atoms with E-state index in [9.17, 15) is 4.79 Å². The van der Waals surface area contributed by atoms with Crippen LogP contribution in [0, 0.1) is 0 Å². The topological polar surface area (TPSA) is 35.5 Å². The van der Waals surface area contributed by atoms with E-state index in [2.05, 4.69) is 19.1 Å². The molecule has 0 radical (unpaired) electrons. The van der Waals surface area contributed by atoms with Crippen LogP contribution in [0.2, 0.25) is 0 Å². The fourth-order valence-corrected chi connectivity index (χ4v) is 2.93. The van der Waals surface area contributed by atoms with Crippen LogP contribution in [-0.2, 0) is 9.53 Å². The molecule has 1 atom stereocenters. The Labute approximate surface area is 157 Å². The Morgan fingerprint density at radius 2 is 1.46 bits per heavy atom. The lowest BCUT2D eigenvalue weighted by molar-refractivity contribution is -0.148. The Kier molecular flexibility index (Phi) is 8.20. The van der Waals surface area contributed by atoms with Crippen molar-refractivity contribution in [3.05, 3.63) is 54.1 Å². The quantitative estimate of drug-likeness (QED) is 0.369. The summed E-state index contributed by atoms with van der Waals surface area (Å²) in [5, 5.41) is 0. The van der Waals surface area contributed by atoms with E-state index < -0.39 is 0 Å². The highest BCUT2D eigenvalue weighted by atomic mass is 16.5. The lowest BCUT2D eigenvalue weighted by atomic mass is 10.0. The number of carbonyl (C=O) groups is 1. The van der Waals surface area contributed by atoms with Crippen molar-refractivity contribution in [3.8, 4) is 16.9 Å². The summed E-state index contributed by atoms with van der Waals surface area (Å²) in [5.74, 6) is 0.744. The van der Waals surface area contributed by atoms with Crippen LogP contribution < -0.4 is 4.74 Å². The first-order chi connectivity index (χ1) is 12.6. The average Bonchev–Trinajstić information content (AvgIpc) is 2.68. The second kappa shape index (κ2) is 10.6. The number of unbranched alkanes of at least 4 members (excludes halogenated alkanes) is 4. The summed E-state index contributed by atoms with van der Waals surface area (Å²) in [6.07, 6.45) is 5.98. The van der Waals surface area contributed by atoms with Crippen molar-refractivity contribution in [3.63, 3.8) is 0 Å². The van der Waals surface area contributed by atoms with Gasteiger partial charge < -0.3 is 9.47 Å². The molecule has 0 aromatic heterocycles. The Balaban J connectivity index is 1.85. The molecule has 3 heteroatoms. The molecular weight excluding hydrogens is 324 g/mol. The van der Waals surface area contributed by atoms with Crippen LogP contribution in [0.25, 0.3) is 11.1 Å². The summed E-state index contributed by atoms with van der Waals surface area (Å²) in [6, 6.07) is 16.2. The van der Waals surface area contributed by atoms with Gasteiger partial charge in [0.1, 0.15) is 11.9 Å². The van der Waals surface area contributed by atoms with Gasteiger partial charge in [-0.1, -0.05) is 69.0 Å². The van der Waals surface area contributed by atoms with Gasteiger partial charge in [-0.15, -0.1) is 0 Å². The number of esters is 1. The molecule has 0 bridgehead atoms. The van der Waals surface area contributed by atoms with Crippen LogP contribution in [0.1, 0.15) is 64.0 Å². The molecule has 26 heavy (non-hydrogen) atoms. The molecule has 0 aliphatic carbocycles. The van der Waals surface area contributed by atoms with Crippen LogP contribution in [0.4, 0.5) is 0 Å². The maximum absolute atomic E-state index is 12.0. The number of benzene rings is 2. The van der Waals surface area contributed by atoms with Crippen molar-refractivity contribution in [2.24, 2.45) is 0 Å². The Morgan fingerprint density at radius 3 is 2.04 bits per heavy atom. The third-order valence-corrected chi connectivity index (χ3v) is 4.60. The average molecular weight is 354 g/mol. The van der Waals surface area contributed by atoms with E-state index in [1.165, 1.54) is 19.3 Å². The van der Waals surface area contributed by atoms with Gasteiger partial charge in [-0.25, -0.2) is 0 Å². The Morgan fingerprint density at radius 1 is 0.885 bits per heavy atom. The summed E-state index contributed by atoms with van der Waals surface area (Å²) in [7, 11) is 1.66. The van der Waals surface area contributed by atoms with Gasteiger partial charge in [0.25, 0.3) is 0 Å².